The normalized spacial score (nSPS) is 14.1. The van der Waals surface area contributed by atoms with Crippen molar-refractivity contribution in [3.63, 3.8) is 0 Å². The van der Waals surface area contributed by atoms with E-state index < -0.39 is 23.2 Å². The fraction of sp³-hybridized carbons (Fsp3) is 0. The Balaban J connectivity index is 2.05. The Hall–Kier alpha value is -2.53. The first-order chi connectivity index (χ1) is 10.5. The lowest BCUT2D eigenvalue weighted by Gasteiger charge is -2.19. The molecule has 0 heterocycles. The quantitative estimate of drug-likeness (QED) is 0.913. The monoisotopic (exact) mass is 319 g/mol. The minimum atomic E-state index is -0.893. The molecule has 0 radical (unpaired) electrons. The van der Waals surface area contributed by atoms with E-state index in [2.05, 4.69) is 5.32 Å². The number of rotatable bonds is 2. The second-order valence-corrected chi connectivity index (χ2v) is 5.02. The van der Waals surface area contributed by atoms with Crippen molar-refractivity contribution in [3.05, 3.63) is 76.0 Å². The molecule has 1 aliphatic carbocycles. The molecule has 0 amide bonds. The molecule has 0 fully saturated rings. The molecule has 6 heteroatoms. The molecular formula is C16H8ClF2NO2. The van der Waals surface area contributed by atoms with Crippen LogP contribution in [-0.4, -0.2) is 11.6 Å². The average Bonchev–Trinajstić information content (AvgIpc) is 2.51. The summed E-state index contributed by atoms with van der Waals surface area (Å²) in [5, 5.41) is 2.16. The maximum absolute atomic E-state index is 13.7. The van der Waals surface area contributed by atoms with E-state index in [4.69, 9.17) is 11.6 Å². The highest BCUT2D eigenvalue weighted by atomic mass is 35.5. The van der Waals surface area contributed by atoms with Gasteiger partial charge in [0.25, 0.3) is 0 Å². The largest absolute Gasteiger partial charge is 0.349 e. The highest BCUT2D eigenvalue weighted by Gasteiger charge is 2.31. The molecule has 2 aromatic carbocycles. The Bertz CT molecular complexity index is 846. The van der Waals surface area contributed by atoms with Crippen molar-refractivity contribution in [2.75, 3.05) is 5.32 Å². The Morgan fingerprint density at radius 3 is 2.18 bits per heavy atom. The smallest absolute Gasteiger partial charge is 0.211 e. The summed E-state index contributed by atoms with van der Waals surface area (Å²) in [4.78, 5) is 24.6. The van der Waals surface area contributed by atoms with Gasteiger partial charge in [0.05, 0.1) is 5.69 Å². The van der Waals surface area contributed by atoms with E-state index in [0.29, 0.717) is 6.07 Å². The summed E-state index contributed by atoms with van der Waals surface area (Å²) < 4.78 is 26.6. The molecule has 0 saturated carbocycles. The van der Waals surface area contributed by atoms with Crippen LogP contribution in [0.1, 0.15) is 20.7 Å². The third-order valence-corrected chi connectivity index (χ3v) is 3.61. The van der Waals surface area contributed by atoms with E-state index in [9.17, 15) is 18.4 Å². The summed E-state index contributed by atoms with van der Waals surface area (Å²) in [7, 11) is 0. The third-order valence-electron chi connectivity index (χ3n) is 3.25. The molecule has 110 valence electrons. The summed E-state index contributed by atoms with van der Waals surface area (Å²) >= 11 is 5.94. The number of allylic oxidation sites excluding steroid dienone is 2. The molecule has 0 bridgehead atoms. The third kappa shape index (κ3) is 2.29. The first-order valence-electron chi connectivity index (χ1n) is 6.29. The van der Waals surface area contributed by atoms with Gasteiger partial charge in [-0.15, -0.1) is 0 Å². The lowest BCUT2D eigenvalue weighted by molar-refractivity contribution is 0.0982. The van der Waals surface area contributed by atoms with Crippen LogP contribution in [-0.2, 0) is 0 Å². The van der Waals surface area contributed by atoms with E-state index in [0.717, 1.165) is 12.1 Å². The van der Waals surface area contributed by atoms with Crippen LogP contribution in [0, 0.1) is 11.6 Å². The number of Topliss-reactive ketones (excluding diaryl/α,β-unsaturated/α-hetero) is 2. The number of carbonyl (C=O) groups excluding carboxylic acids is 2. The van der Waals surface area contributed by atoms with Gasteiger partial charge in [-0.25, -0.2) is 8.78 Å². The van der Waals surface area contributed by atoms with Crippen LogP contribution in [0.5, 0.6) is 0 Å². The van der Waals surface area contributed by atoms with Crippen molar-refractivity contribution >= 4 is 28.9 Å². The predicted octanol–water partition coefficient (Wildman–Crippen LogP) is 3.91. The van der Waals surface area contributed by atoms with E-state index in [1.807, 2.05) is 0 Å². The van der Waals surface area contributed by atoms with Crippen LogP contribution >= 0.6 is 11.6 Å². The molecule has 3 rings (SSSR count). The van der Waals surface area contributed by atoms with Gasteiger partial charge in [0.2, 0.25) is 11.6 Å². The number of nitrogens with one attached hydrogen (secondary N) is 1. The van der Waals surface area contributed by atoms with Crippen LogP contribution < -0.4 is 5.32 Å². The SMILES string of the molecule is O=C1C(Cl)=C(Nc2ccc(F)cc2F)C(=O)c2ccccc21. The number of halogens is 3. The molecule has 1 N–H and O–H groups in total. The van der Waals surface area contributed by atoms with Crippen molar-refractivity contribution in [1.82, 2.24) is 0 Å². The minimum Gasteiger partial charge on any atom is -0.349 e. The molecule has 0 aromatic heterocycles. The molecule has 0 atom stereocenters. The Kier molecular flexibility index (Phi) is 3.50. The second-order valence-electron chi connectivity index (χ2n) is 4.64. The number of hydrogen-bond acceptors (Lipinski definition) is 3. The van der Waals surface area contributed by atoms with Crippen LogP contribution in [0.3, 0.4) is 0 Å². The zero-order chi connectivity index (χ0) is 15.9. The second kappa shape index (κ2) is 5.35. The van der Waals surface area contributed by atoms with E-state index in [1.54, 1.807) is 12.1 Å². The molecule has 1 aliphatic rings. The lowest BCUT2D eigenvalue weighted by atomic mass is 9.92. The van der Waals surface area contributed by atoms with Gasteiger partial charge in [0.15, 0.2) is 0 Å². The molecular weight excluding hydrogens is 312 g/mol. The van der Waals surface area contributed by atoms with Crippen molar-refractivity contribution in [2.24, 2.45) is 0 Å². The fourth-order valence-corrected chi connectivity index (χ4v) is 2.42. The number of carbonyl (C=O) groups is 2. The van der Waals surface area contributed by atoms with E-state index in [1.165, 1.54) is 12.1 Å². The predicted molar refractivity (Wildman–Crippen MR) is 78.0 cm³/mol. The van der Waals surface area contributed by atoms with Gasteiger partial charge in [-0.1, -0.05) is 35.9 Å². The van der Waals surface area contributed by atoms with Gasteiger partial charge < -0.3 is 5.32 Å². The minimum absolute atomic E-state index is 0.143. The van der Waals surface area contributed by atoms with Gasteiger partial charge in [-0.2, -0.15) is 0 Å². The van der Waals surface area contributed by atoms with Crippen LogP contribution in [0.25, 0.3) is 0 Å². The fourth-order valence-electron chi connectivity index (χ4n) is 2.18. The summed E-state index contributed by atoms with van der Waals surface area (Å²) in [6.45, 7) is 0. The number of fused-ring (bicyclic) bond motifs is 1. The van der Waals surface area contributed by atoms with Gasteiger partial charge in [0.1, 0.15) is 22.4 Å². The van der Waals surface area contributed by atoms with Gasteiger partial charge >= 0.3 is 0 Å². The molecule has 22 heavy (non-hydrogen) atoms. The van der Waals surface area contributed by atoms with Crippen LogP contribution in [0.4, 0.5) is 14.5 Å². The number of ketones is 2. The van der Waals surface area contributed by atoms with Crippen molar-refractivity contribution in [1.29, 1.82) is 0 Å². The van der Waals surface area contributed by atoms with Crippen molar-refractivity contribution in [3.8, 4) is 0 Å². The standard InChI is InChI=1S/C16H8ClF2NO2/c17-13-14(20-12-6-5-8(18)7-11(12)19)16(22)10-4-2-1-3-9(10)15(13)21/h1-7,20H. The Labute approximate surface area is 129 Å². The summed E-state index contributed by atoms with van der Waals surface area (Å²) in [5.41, 5.74) is 0.00973. The van der Waals surface area contributed by atoms with Crippen molar-refractivity contribution in [2.45, 2.75) is 0 Å². The topological polar surface area (TPSA) is 46.2 Å². The maximum Gasteiger partial charge on any atom is 0.211 e. The Morgan fingerprint density at radius 1 is 0.909 bits per heavy atom. The molecule has 0 spiro atoms. The highest BCUT2D eigenvalue weighted by molar-refractivity contribution is 6.50. The van der Waals surface area contributed by atoms with E-state index in [-0.39, 0.29) is 27.5 Å². The first-order valence-corrected chi connectivity index (χ1v) is 6.67. The van der Waals surface area contributed by atoms with Crippen molar-refractivity contribution < 1.29 is 18.4 Å². The lowest BCUT2D eigenvalue weighted by Crippen LogP contribution is -2.24. The molecule has 3 nitrogen and oxygen atoms in total. The Morgan fingerprint density at radius 2 is 1.55 bits per heavy atom. The van der Waals surface area contributed by atoms with Crippen LogP contribution in [0.2, 0.25) is 0 Å². The molecule has 2 aromatic rings. The summed E-state index contributed by atoms with van der Waals surface area (Å²) in [6.07, 6.45) is 0. The number of anilines is 1. The zero-order valence-corrected chi connectivity index (χ0v) is 11.7. The van der Waals surface area contributed by atoms with Crippen LogP contribution in [0.15, 0.2) is 53.2 Å². The average molecular weight is 320 g/mol. The van der Waals surface area contributed by atoms with Gasteiger partial charge in [0, 0.05) is 17.2 Å². The summed E-state index contributed by atoms with van der Waals surface area (Å²) in [6, 6.07) is 9.03. The van der Waals surface area contributed by atoms with Gasteiger partial charge in [-0.05, 0) is 12.1 Å². The number of hydrogen-bond donors (Lipinski definition) is 1. The number of benzene rings is 2. The highest BCUT2D eigenvalue weighted by Crippen LogP contribution is 2.30. The van der Waals surface area contributed by atoms with E-state index >= 15 is 0 Å². The molecule has 0 unspecified atom stereocenters. The van der Waals surface area contributed by atoms with Gasteiger partial charge in [-0.3, -0.25) is 9.59 Å². The molecule has 0 aliphatic heterocycles. The maximum atomic E-state index is 13.7. The first kappa shape index (κ1) is 14.4. The molecule has 0 saturated heterocycles. The zero-order valence-electron chi connectivity index (χ0n) is 11.0. The summed E-state index contributed by atoms with van der Waals surface area (Å²) in [5.74, 6) is -2.69.